The lowest BCUT2D eigenvalue weighted by atomic mass is 10.4. The van der Waals surface area contributed by atoms with Crippen molar-refractivity contribution in [3.63, 3.8) is 0 Å². The number of hydrogen-bond acceptors (Lipinski definition) is 4. The fourth-order valence-corrected chi connectivity index (χ4v) is 1.61. The van der Waals surface area contributed by atoms with Crippen LogP contribution < -0.4 is 4.74 Å². The van der Waals surface area contributed by atoms with Crippen LogP contribution >= 0.6 is 11.3 Å². The van der Waals surface area contributed by atoms with Gasteiger partial charge in [-0.1, -0.05) is 0 Å². The smallest absolute Gasteiger partial charge is 0.346 e. The maximum atomic E-state index is 10.6. The van der Waals surface area contributed by atoms with E-state index in [2.05, 4.69) is 0 Å². The number of hydrogen-bond donors (Lipinski definition) is 1. The largest absolute Gasteiger partial charge is 0.490 e. The van der Waals surface area contributed by atoms with Gasteiger partial charge < -0.3 is 14.6 Å². The Bertz CT molecular complexity index is 319. The third kappa shape index (κ3) is 4.31. The molecule has 1 aromatic rings. The van der Waals surface area contributed by atoms with Gasteiger partial charge in [-0.2, -0.15) is 0 Å². The number of rotatable bonds is 6. The number of carbonyl (C=O) groups is 1. The zero-order chi connectivity index (χ0) is 11.3. The van der Waals surface area contributed by atoms with Crippen molar-refractivity contribution in [2.24, 2.45) is 0 Å². The third-order valence-electron chi connectivity index (χ3n) is 1.59. The van der Waals surface area contributed by atoms with Gasteiger partial charge in [0.25, 0.3) is 0 Å². The minimum absolute atomic E-state index is 0.186. The number of carboxylic acids is 1. The molecule has 1 rings (SSSR count). The van der Waals surface area contributed by atoms with Gasteiger partial charge in [0.05, 0.1) is 12.7 Å². The number of ether oxygens (including phenoxy) is 2. The van der Waals surface area contributed by atoms with Crippen molar-refractivity contribution in [2.45, 2.75) is 20.0 Å². The van der Waals surface area contributed by atoms with Gasteiger partial charge in [0.2, 0.25) is 0 Å². The molecule has 0 saturated carbocycles. The van der Waals surface area contributed by atoms with Crippen molar-refractivity contribution in [2.75, 3.05) is 13.2 Å². The molecule has 0 bridgehead atoms. The van der Waals surface area contributed by atoms with Crippen LogP contribution in [0, 0.1) is 0 Å². The molecule has 1 N–H and O–H groups in total. The number of carboxylic acid groups (broad SMARTS) is 1. The van der Waals surface area contributed by atoms with E-state index in [1.165, 1.54) is 6.07 Å². The van der Waals surface area contributed by atoms with Gasteiger partial charge in [-0.3, -0.25) is 0 Å². The first-order valence-corrected chi connectivity index (χ1v) is 5.54. The summed E-state index contributed by atoms with van der Waals surface area (Å²) >= 11 is 1.16. The Hall–Kier alpha value is -1.07. The Morgan fingerprint density at radius 2 is 2.27 bits per heavy atom. The molecule has 0 aliphatic rings. The zero-order valence-electron chi connectivity index (χ0n) is 8.73. The quantitative estimate of drug-likeness (QED) is 0.761. The Kier molecular flexibility index (Phi) is 4.58. The van der Waals surface area contributed by atoms with E-state index in [9.17, 15) is 4.79 Å². The summed E-state index contributed by atoms with van der Waals surface area (Å²) in [7, 11) is 0. The van der Waals surface area contributed by atoms with Crippen molar-refractivity contribution in [3.05, 3.63) is 16.3 Å². The Labute approximate surface area is 92.4 Å². The van der Waals surface area contributed by atoms with E-state index in [4.69, 9.17) is 14.6 Å². The molecule has 0 radical (unpaired) electrons. The van der Waals surface area contributed by atoms with Gasteiger partial charge >= 0.3 is 5.97 Å². The van der Waals surface area contributed by atoms with Gasteiger partial charge in [-0.25, -0.2) is 4.79 Å². The van der Waals surface area contributed by atoms with E-state index in [0.29, 0.717) is 19.0 Å². The highest BCUT2D eigenvalue weighted by Gasteiger charge is 2.07. The van der Waals surface area contributed by atoms with Crippen molar-refractivity contribution in [3.8, 4) is 5.75 Å². The van der Waals surface area contributed by atoms with E-state index >= 15 is 0 Å². The molecule has 0 fully saturated rings. The second-order valence-electron chi connectivity index (χ2n) is 3.22. The van der Waals surface area contributed by atoms with Crippen molar-refractivity contribution < 1.29 is 19.4 Å². The average molecular weight is 230 g/mol. The van der Waals surface area contributed by atoms with Crippen LogP contribution in [0.2, 0.25) is 0 Å². The first-order chi connectivity index (χ1) is 7.09. The molecule has 0 unspecified atom stereocenters. The van der Waals surface area contributed by atoms with Crippen LogP contribution in [0.15, 0.2) is 11.4 Å². The summed E-state index contributed by atoms with van der Waals surface area (Å²) in [6.45, 7) is 4.85. The summed E-state index contributed by atoms with van der Waals surface area (Å²) in [6, 6.07) is 1.52. The van der Waals surface area contributed by atoms with Crippen molar-refractivity contribution in [1.29, 1.82) is 0 Å². The molecule has 0 spiro atoms. The highest BCUT2D eigenvalue weighted by molar-refractivity contribution is 7.12. The lowest BCUT2D eigenvalue weighted by Gasteiger charge is -2.07. The number of aromatic carboxylic acids is 1. The molecule has 5 heteroatoms. The molecular formula is C10H14O4S. The molecule has 84 valence electrons. The third-order valence-corrected chi connectivity index (χ3v) is 2.49. The van der Waals surface area contributed by atoms with Crippen LogP contribution in [0.25, 0.3) is 0 Å². The Balaban J connectivity index is 2.29. The fourth-order valence-electron chi connectivity index (χ4n) is 0.950. The second kappa shape index (κ2) is 5.72. The first kappa shape index (κ1) is 12.0. The van der Waals surface area contributed by atoms with Crippen LogP contribution in [-0.4, -0.2) is 30.4 Å². The van der Waals surface area contributed by atoms with Crippen LogP contribution in [0.5, 0.6) is 5.75 Å². The molecule has 15 heavy (non-hydrogen) atoms. The fraction of sp³-hybridized carbons (Fsp3) is 0.500. The monoisotopic (exact) mass is 230 g/mol. The zero-order valence-corrected chi connectivity index (χ0v) is 9.54. The van der Waals surface area contributed by atoms with E-state index in [1.54, 1.807) is 5.38 Å². The highest BCUT2D eigenvalue weighted by atomic mass is 32.1. The molecule has 0 saturated heterocycles. The van der Waals surface area contributed by atoms with Crippen LogP contribution in [0.3, 0.4) is 0 Å². The van der Waals surface area contributed by atoms with Gasteiger partial charge in [0.1, 0.15) is 17.2 Å². The van der Waals surface area contributed by atoms with E-state index in [1.807, 2.05) is 13.8 Å². The molecule has 0 aromatic carbocycles. The number of thiophene rings is 1. The summed E-state index contributed by atoms with van der Waals surface area (Å²) in [4.78, 5) is 10.9. The normalized spacial score (nSPS) is 10.6. The molecule has 1 heterocycles. The Morgan fingerprint density at radius 3 is 2.80 bits per heavy atom. The first-order valence-electron chi connectivity index (χ1n) is 4.66. The summed E-state index contributed by atoms with van der Waals surface area (Å²) < 4.78 is 10.6. The Morgan fingerprint density at radius 1 is 1.53 bits per heavy atom. The molecular weight excluding hydrogens is 216 g/mol. The molecule has 0 amide bonds. The predicted molar refractivity (Wildman–Crippen MR) is 57.9 cm³/mol. The van der Waals surface area contributed by atoms with Crippen LogP contribution in [-0.2, 0) is 4.74 Å². The van der Waals surface area contributed by atoms with E-state index in [0.717, 1.165) is 11.3 Å². The summed E-state index contributed by atoms with van der Waals surface area (Å²) in [5.41, 5.74) is 0. The van der Waals surface area contributed by atoms with Crippen LogP contribution in [0.4, 0.5) is 0 Å². The maximum absolute atomic E-state index is 10.6. The summed E-state index contributed by atoms with van der Waals surface area (Å²) in [5, 5.41) is 10.4. The minimum atomic E-state index is -0.923. The lowest BCUT2D eigenvalue weighted by molar-refractivity contribution is 0.0553. The van der Waals surface area contributed by atoms with Gasteiger partial charge in [0, 0.05) is 11.4 Å². The SMILES string of the molecule is CC(C)OCCOc1csc(C(=O)O)c1. The summed E-state index contributed by atoms with van der Waals surface area (Å²) in [5.74, 6) is -0.335. The lowest BCUT2D eigenvalue weighted by Crippen LogP contribution is -2.10. The molecule has 1 aromatic heterocycles. The van der Waals surface area contributed by atoms with E-state index in [-0.39, 0.29) is 11.0 Å². The summed E-state index contributed by atoms with van der Waals surface area (Å²) in [6.07, 6.45) is 0.186. The van der Waals surface area contributed by atoms with Crippen LogP contribution in [0.1, 0.15) is 23.5 Å². The molecule has 0 aliphatic heterocycles. The highest BCUT2D eigenvalue weighted by Crippen LogP contribution is 2.21. The van der Waals surface area contributed by atoms with Gasteiger partial charge in [0.15, 0.2) is 0 Å². The standard InChI is InChI=1S/C10H14O4S/c1-7(2)13-3-4-14-8-5-9(10(11)12)15-6-8/h5-7H,3-4H2,1-2H3,(H,11,12). The van der Waals surface area contributed by atoms with Gasteiger partial charge in [-0.15, -0.1) is 11.3 Å². The molecule has 4 nitrogen and oxygen atoms in total. The average Bonchev–Trinajstić information content (AvgIpc) is 2.60. The molecule has 0 atom stereocenters. The van der Waals surface area contributed by atoms with Crippen molar-refractivity contribution >= 4 is 17.3 Å². The van der Waals surface area contributed by atoms with E-state index < -0.39 is 5.97 Å². The van der Waals surface area contributed by atoms with Crippen molar-refractivity contribution in [1.82, 2.24) is 0 Å². The minimum Gasteiger partial charge on any atom is -0.490 e. The molecule has 0 aliphatic carbocycles. The topological polar surface area (TPSA) is 55.8 Å². The predicted octanol–water partition coefficient (Wildman–Crippen LogP) is 2.25. The maximum Gasteiger partial charge on any atom is 0.346 e. The second-order valence-corrected chi connectivity index (χ2v) is 4.13. The van der Waals surface area contributed by atoms with Gasteiger partial charge in [-0.05, 0) is 13.8 Å².